The number of thioether (sulfide) groups is 1. The molecule has 0 bridgehead atoms. The Morgan fingerprint density at radius 1 is 1.05 bits per heavy atom. The van der Waals surface area contributed by atoms with Crippen molar-refractivity contribution >= 4 is 35.2 Å². The van der Waals surface area contributed by atoms with Gasteiger partial charge in [-0.05, 0) is 44.0 Å². The number of aromatic nitrogens is 3. The van der Waals surface area contributed by atoms with Crippen LogP contribution in [0.5, 0.6) is 0 Å². The largest absolute Gasteiger partial charge is 0.338 e. The summed E-state index contributed by atoms with van der Waals surface area (Å²) in [6, 6.07) is 17.4. The second kappa shape index (κ2) is 13.3. The molecule has 0 spiro atoms. The molecule has 1 aliphatic heterocycles. The van der Waals surface area contributed by atoms with Gasteiger partial charge in [0.25, 0.3) is 0 Å². The van der Waals surface area contributed by atoms with Gasteiger partial charge in [-0.25, -0.2) is 0 Å². The minimum absolute atomic E-state index is 0.000623. The van der Waals surface area contributed by atoms with E-state index in [4.69, 9.17) is 11.6 Å². The number of rotatable bonds is 10. The molecule has 202 valence electrons. The lowest BCUT2D eigenvalue weighted by molar-refractivity contribution is -0.144. The first-order chi connectivity index (χ1) is 18.4. The van der Waals surface area contributed by atoms with Crippen molar-refractivity contribution in [2.45, 2.75) is 57.7 Å². The van der Waals surface area contributed by atoms with E-state index in [0.717, 1.165) is 36.9 Å². The summed E-state index contributed by atoms with van der Waals surface area (Å²) in [6.07, 6.45) is 3.96. The quantitative estimate of drug-likeness (QED) is 0.290. The standard InChI is InChI=1S/C29H36ClN5O2S/c1-4-6-12-22(5-2)28(37)34-18-17-33(19-21(34)3)26(36)20-38-29-32-31-27(24-15-10-11-16-25(24)30)35(29)23-13-8-7-9-14-23/h7-11,13-16,21-22H,4-6,12,17-20H2,1-3H3. The molecule has 2 heterocycles. The van der Waals surface area contributed by atoms with Crippen molar-refractivity contribution in [2.24, 2.45) is 5.92 Å². The Bertz CT molecular complexity index is 1230. The van der Waals surface area contributed by atoms with E-state index in [1.54, 1.807) is 0 Å². The van der Waals surface area contributed by atoms with Crippen LogP contribution in [0.3, 0.4) is 0 Å². The van der Waals surface area contributed by atoms with Crippen molar-refractivity contribution in [2.75, 3.05) is 25.4 Å². The monoisotopic (exact) mass is 553 g/mol. The Morgan fingerprint density at radius 2 is 1.79 bits per heavy atom. The molecule has 1 aromatic heterocycles. The Hall–Kier alpha value is -2.84. The summed E-state index contributed by atoms with van der Waals surface area (Å²) in [6.45, 7) is 7.96. The number of halogens is 1. The summed E-state index contributed by atoms with van der Waals surface area (Å²) in [5.41, 5.74) is 1.68. The molecular weight excluding hydrogens is 518 g/mol. The second-order valence-electron chi connectivity index (χ2n) is 9.71. The van der Waals surface area contributed by atoms with Gasteiger partial charge in [-0.1, -0.05) is 80.4 Å². The van der Waals surface area contributed by atoms with Crippen molar-refractivity contribution in [3.63, 3.8) is 0 Å². The number of amides is 2. The van der Waals surface area contributed by atoms with Gasteiger partial charge in [-0.2, -0.15) is 0 Å². The first-order valence-electron chi connectivity index (χ1n) is 13.4. The zero-order valence-electron chi connectivity index (χ0n) is 22.3. The van der Waals surface area contributed by atoms with Crippen LogP contribution >= 0.6 is 23.4 Å². The fourth-order valence-corrected chi connectivity index (χ4v) is 5.98. The van der Waals surface area contributed by atoms with E-state index in [1.165, 1.54) is 11.8 Å². The van der Waals surface area contributed by atoms with Crippen LogP contribution in [-0.4, -0.2) is 67.8 Å². The van der Waals surface area contributed by atoms with E-state index in [-0.39, 0.29) is 29.5 Å². The van der Waals surface area contributed by atoms with Crippen LogP contribution in [0.4, 0.5) is 0 Å². The molecule has 0 saturated carbocycles. The molecular formula is C29H36ClN5O2S. The number of hydrogen-bond donors (Lipinski definition) is 0. The first-order valence-corrected chi connectivity index (χ1v) is 14.8. The number of unbranched alkanes of at least 4 members (excludes halogenated alkanes) is 1. The number of hydrogen-bond acceptors (Lipinski definition) is 5. The summed E-state index contributed by atoms with van der Waals surface area (Å²) < 4.78 is 1.94. The van der Waals surface area contributed by atoms with E-state index >= 15 is 0 Å². The van der Waals surface area contributed by atoms with Crippen molar-refractivity contribution in [3.05, 3.63) is 59.6 Å². The van der Waals surface area contributed by atoms with Crippen molar-refractivity contribution in [1.82, 2.24) is 24.6 Å². The van der Waals surface area contributed by atoms with Crippen molar-refractivity contribution in [1.29, 1.82) is 0 Å². The van der Waals surface area contributed by atoms with Gasteiger partial charge in [-0.15, -0.1) is 10.2 Å². The first kappa shape index (κ1) is 28.2. The molecule has 7 nitrogen and oxygen atoms in total. The predicted molar refractivity (Wildman–Crippen MR) is 154 cm³/mol. The maximum Gasteiger partial charge on any atom is 0.233 e. The molecule has 1 fully saturated rings. The fraction of sp³-hybridized carbons (Fsp3) is 0.448. The highest BCUT2D eigenvalue weighted by molar-refractivity contribution is 7.99. The molecule has 3 aromatic rings. The Labute approximate surface area is 234 Å². The summed E-state index contributed by atoms with van der Waals surface area (Å²) in [5.74, 6) is 1.21. The summed E-state index contributed by atoms with van der Waals surface area (Å²) in [4.78, 5) is 30.2. The number of piperazine rings is 1. The normalized spacial score (nSPS) is 16.5. The molecule has 2 atom stereocenters. The van der Waals surface area contributed by atoms with Gasteiger partial charge in [0.1, 0.15) is 0 Å². The second-order valence-corrected chi connectivity index (χ2v) is 11.1. The summed E-state index contributed by atoms with van der Waals surface area (Å²) in [5, 5.41) is 10.1. The van der Waals surface area contributed by atoms with Crippen LogP contribution in [-0.2, 0) is 9.59 Å². The maximum absolute atomic E-state index is 13.2. The predicted octanol–water partition coefficient (Wildman–Crippen LogP) is 5.96. The fourth-order valence-electron chi connectivity index (χ4n) is 4.91. The molecule has 1 saturated heterocycles. The lowest BCUT2D eigenvalue weighted by Gasteiger charge is -2.41. The van der Waals surface area contributed by atoms with Crippen LogP contribution in [0, 0.1) is 5.92 Å². The number of carbonyl (C=O) groups excluding carboxylic acids is 2. The lowest BCUT2D eigenvalue weighted by atomic mass is 9.96. The Morgan fingerprint density at radius 3 is 2.47 bits per heavy atom. The third-order valence-corrected chi connectivity index (χ3v) is 8.34. The van der Waals surface area contributed by atoms with E-state index in [0.29, 0.717) is 35.6 Å². The number of benzene rings is 2. The van der Waals surface area contributed by atoms with Crippen LogP contribution in [0.2, 0.25) is 5.02 Å². The van der Waals surface area contributed by atoms with Gasteiger partial charge in [0.15, 0.2) is 11.0 Å². The minimum Gasteiger partial charge on any atom is -0.338 e. The molecule has 4 rings (SSSR count). The molecule has 38 heavy (non-hydrogen) atoms. The average molecular weight is 554 g/mol. The molecule has 2 aromatic carbocycles. The smallest absolute Gasteiger partial charge is 0.233 e. The molecule has 2 unspecified atom stereocenters. The molecule has 1 aliphatic rings. The lowest BCUT2D eigenvalue weighted by Crippen LogP contribution is -2.56. The van der Waals surface area contributed by atoms with E-state index in [2.05, 4.69) is 24.0 Å². The number of nitrogens with zero attached hydrogens (tertiary/aromatic N) is 5. The van der Waals surface area contributed by atoms with E-state index < -0.39 is 0 Å². The van der Waals surface area contributed by atoms with Crippen LogP contribution in [0.15, 0.2) is 59.8 Å². The van der Waals surface area contributed by atoms with Crippen molar-refractivity contribution in [3.8, 4) is 17.1 Å². The van der Waals surface area contributed by atoms with Gasteiger partial charge in [0.2, 0.25) is 11.8 Å². The van der Waals surface area contributed by atoms with Gasteiger partial charge < -0.3 is 9.80 Å². The SMILES string of the molecule is CCCCC(CC)C(=O)N1CCN(C(=O)CSc2nnc(-c3ccccc3Cl)n2-c2ccccc2)CC1C. The summed E-state index contributed by atoms with van der Waals surface area (Å²) in [7, 11) is 0. The highest BCUT2D eigenvalue weighted by Gasteiger charge is 2.32. The molecule has 2 amide bonds. The Kier molecular flexibility index (Phi) is 9.86. The third kappa shape index (κ3) is 6.41. The van der Waals surface area contributed by atoms with Gasteiger partial charge in [0.05, 0.1) is 10.8 Å². The van der Waals surface area contributed by atoms with Gasteiger partial charge in [0, 0.05) is 42.8 Å². The minimum atomic E-state index is 0.000623. The third-order valence-electron chi connectivity index (χ3n) is 7.10. The highest BCUT2D eigenvalue weighted by Crippen LogP contribution is 2.32. The molecule has 0 radical (unpaired) electrons. The highest BCUT2D eigenvalue weighted by atomic mass is 35.5. The summed E-state index contributed by atoms with van der Waals surface area (Å²) >= 11 is 7.85. The van der Waals surface area contributed by atoms with Gasteiger partial charge >= 0.3 is 0 Å². The zero-order chi connectivity index (χ0) is 27.1. The topological polar surface area (TPSA) is 71.3 Å². The van der Waals surface area contributed by atoms with Crippen LogP contribution in [0.25, 0.3) is 17.1 Å². The number of para-hydroxylation sites is 1. The molecule has 9 heteroatoms. The number of carbonyl (C=O) groups is 2. The maximum atomic E-state index is 13.2. The van der Waals surface area contributed by atoms with E-state index in [9.17, 15) is 9.59 Å². The molecule has 0 aliphatic carbocycles. The zero-order valence-corrected chi connectivity index (χ0v) is 23.9. The average Bonchev–Trinajstić information content (AvgIpc) is 3.36. The van der Waals surface area contributed by atoms with E-state index in [1.807, 2.05) is 75.9 Å². The Balaban J connectivity index is 1.44. The van der Waals surface area contributed by atoms with Crippen LogP contribution in [0.1, 0.15) is 46.5 Å². The molecule has 0 N–H and O–H groups in total. The van der Waals surface area contributed by atoms with Gasteiger partial charge in [-0.3, -0.25) is 14.2 Å². The van der Waals surface area contributed by atoms with Crippen LogP contribution < -0.4 is 0 Å². The van der Waals surface area contributed by atoms with Crippen molar-refractivity contribution < 1.29 is 9.59 Å².